The van der Waals surface area contributed by atoms with Crippen molar-refractivity contribution in [2.24, 2.45) is 5.41 Å². The van der Waals surface area contributed by atoms with Gasteiger partial charge in [0.05, 0.1) is 0 Å². The Kier molecular flexibility index (Phi) is 5.64. The van der Waals surface area contributed by atoms with E-state index in [4.69, 9.17) is 0 Å². The van der Waals surface area contributed by atoms with Crippen molar-refractivity contribution in [3.63, 3.8) is 0 Å². The van der Waals surface area contributed by atoms with Crippen LogP contribution < -0.4 is 0 Å². The molecule has 0 aliphatic heterocycles. The van der Waals surface area contributed by atoms with E-state index in [-0.39, 0.29) is 6.04 Å². The Morgan fingerprint density at radius 2 is 1.94 bits per heavy atom. The molecule has 1 aliphatic carbocycles. The van der Waals surface area contributed by atoms with E-state index in [0.29, 0.717) is 11.5 Å². The van der Waals surface area contributed by atoms with Crippen LogP contribution in [0.1, 0.15) is 65.7 Å². The second-order valence-corrected chi connectivity index (χ2v) is 6.56. The Balaban J connectivity index is 2.55. The Morgan fingerprint density at radius 3 is 2.39 bits per heavy atom. The molecule has 1 aliphatic rings. The lowest BCUT2D eigenvalue weighted by molar-refractivity contribution is -0.144. The number of carboxylic acids is 1. The third kappa shape index (κ3) is 4.27. The van der Waals surface area contributed by atoms with Gasteiger partial charge in [0.2, 0.25) is 0 Å². The number of unbranched alkanes of at least 4 members (excludes halogenated alkanes) is 1. The fourth-order valence-corrected chi connectivity index (χ4v) is 2.94. The van der Waals surface area contributed by atoms with Gasteiger partial charge in [0, 0.05) is 6.04 Å². The number of aliphatic carboxylic acids is 1. The van der Waals surface area contributed by atoms with E-state index >= 15 is 0 Å². The highest BCUT2D eigenvalue weighted by Gasteiger charge is 2.33. The van der Waals surface area contributed by atoms with Gasteiger partial charge in [-0.05, 0) is 44.6 Å². The van der Waals surface area contributed by atoms with E-state index in [0.717, 1.165) is 32.1 Å². The molecule has 0 spiro atoms. The normalized spacial score (nSPS) is 22.1. The third-order valence-electron chi connectivity index (χ3n) is 4.49. The number of carbonyl (C=O) groups is 1. The summed E-state index contributed by atoms with van der Waals surface area (Å²) in [5, 5.41) is 9.36. The third-order valence-corrected chi connectivity index (χ3v) is 4.49. The Labute approximate surface area is 112 Å². The minimum absolute atomic E-state index is 0.295. The van der Waals surface area contributed by atoms with Crippen LogP contribution in [-0.2, 0) is 4.79 Å². The van der Waals surface area contributed by atoms with Crippen molar-refractivity contribution in [3.8, 4) is 0 Å². The number of carboxylic acid groups (broad SMARTS) is 1. The Morgan fingerprint density at radius 1 is 1.39 bits per heavy atom. The summed E-state index contributed by atoms with van der Waals surface area (Å²) in [7, 11) is 2.00. The summed E-state index contributed by atoms with van der Waals surface area (Å²) in [6.07, 6.45) is 7.54. The van der Waals surface area contributed by atoms with Crippen LogP contribution in [0.5, 0.6) is 0 Å². The molecule has 1 saturated carbocycles. The quantitative estimate of drug-likeness (QED) is 0.789. The van der Waals surface area contributed by atoms with Crippen molar-refractivity contribution >= 4 is 5.97 Å². The van der Waals surface area contributed by atoms with Crippen LogP contribution in [0.25, 0.3) is 0 Å². The van der Waals surface area contributed by atoms with Gasteiger partial charge in [-0.2, -0.15) is 0 Å². The van der Waals surface area contributed by atoms with E-state index in [2.05, 4.69) is 25.7 Å². The summed E-state index contributed by atoms with van der Waals surface area (Å²) in [6.45, 7) is 6.74. The fourth-order valence-electron chi connectivity index (χ4n) is 2.94. The van der Waals surface area contributed by atoms with Crippen LogP contribution in [0.3, 0.4) is 0 Å². The summed E-state index contributed by atoms with van der Waals surface area (Å²) in [4.78, 5) is 13.5. The minimum atomic E-state index is -0.657. The molecule has 18 heavy (non-hydrogen) atoms. The highest BCUT2D eigenvalue weighted by molar-refractivity contribution is 5.73. The second kappa shape index (κ2) is 6.55. The number of hydrogen-bond acceptors (Lipinski definition) is 2. The van der Waals surface area contributed by atoms with E-state index in [1.165, 1.54) is 12.8 Å². The Hall–Kier alpha value is -0.570. The number of hydrogen-bond donors (Lipinski definition) is 1. The van der Waals surface area contributed by atoms with Gasteiger partial charge < -0.3 is 5.11 Å². The molecular formula is C15H29NO2. The number of nitrogens with zero attached hydrogens (tertiary/aromatic N) is 1. The molecule has 0 saturated heterocycles. The molecular weight excluding hydrogens is 226 g/mol. The molecule has 0 aromatic carbocycles. The van der Waals surface area contributed by atoms with Crippen molar-refractivity contribution in [2.75, 3.05) is 7.05 Å². The zero-order chi connectivity index (χ0) is 13.8. The average Bonchev–Trinajstić information content (AvgIpc) is 2.28. The maximum atomic E-state index is 11.4. The van der Waals surface area contributed by atoms with Gasteiger partial charge in [0.1, 0.15) is 6.04 Å². The summed E-state index contributed by atoms with van der Waals surface area (Å²) in [5.74, 6) is -0.657. The molecule has 3 heteroatoms. The molecule has 1 unspecified atom stereocenters. The van der Waals surface area contributed by atoms with Gasteiger partial charge in [0.15, 0.2) is 0 Å². The predicted molar refractivity (Wildman–Crippen MR) is 74.7 cm³/mol. The highest BCUT2D eigenvalue weighted by atomic mass is 16.4. The summed E-state index contributed by atoms with van der Waals surface area (Å²) >= 11 is 0. The lowest BCUT2D eigenvalue weighted by atomic mass is 9.75. The zero-order valence-corrected chi connectivity index (χ0v) is 12.4. The minimum Gasteiger partial charge on any atom is -0.480 e. The standard InChI is InChI=1S/C15H29NO2/c1-5-6-7-13(14(17)18)16(4)12-8-10-15(2,3)11-9-12/h12-13H,5-11H2,1-4H3,(H,17,18). The number of likely N-dealkylation sites (N-methyl/N-ethyl adjacent to an activating group) is 1. The predicted octanol–water partition coefficient (Wildman–Crippen LogP) is 3.53. The molecule has 1 N–H and O–H groups in total. The van der Waals surface area contributed by atoms with Crippen LogP contribution >= 0.6 is 0 Å². The monoisotopic (exact) mass is 255 g/mol. The first kappa shape index (κ1) is 15.5. The largest absolute Gasteiger partial charge is 0.480 e. The Bertz CT molecular complexity index is 266. The molecule has 0 aromatic heterocycles. The van der Waals surface area contributed by atoms with Crippen molar-refractivity contribution in [1.82, 2.24) is 4.90 Å². The first-order chi connectivity index (χ1) is 8.37. The van der Waals surface area contributed by atoms with Gasteiger partial charge in [-0.1, -0.05) is 33.6 Å². The molecule has 1 rings (SSSR count). The molecule has 0 radical (unpaired) electrons. The molecule has 1 fully saturated rings. The SMILES string of the molecule is CCCCC(C(=O)O)N(C)C1CCC(C)(C)CC1. The van der Waals surface area contributed by atoms with Crippen LogP contribution in [0.4, 0.5) is 0 Å². The topological polar surface area (TPSA) is 40.5 Å². The van der Waals surface area contributed by atoms with E-state index in [9.17, 15) is 9.90 Å². The summed E-state index contributed by atoms with van der Waals surface area (Å²) in [6, 6.07) is 0.159. The fraction of sp³-hybridized carbons (Fsp3) is 0.933. The van der Waals surface area contributed by atoms with Gasteiger partial charge >= 0.3 is 5.97 Å². The molecule has 3 nitrogen and oxygen atoms in total. The molecule has 0 heterocycles. The highest BCUT2D eigenvalue weighted by Crippen LogP contribution is 2.37. The van der Waals surface area contributed by atoms with Gasteiger partial charge in [-0.15, -0.1) is 0 Å². The van der Waals surface area contributed by atoms with Crippen LogP contribution in [0, 0.1) is 5.41 Å². The first-order valence-electron chi connectivity index (χ1n) is 7.32. The zero-order valence-electron chi connectivity index (χ0n) is 12.4. The van der Waals surface area contributed by atoms with Crippen molar-refractivity contribution < 1.29 is 9.90 Å². The van der Waals surface area contributed by atoms with Crippen LogP contribution in [0.15, 0.2) is 0 Å². The van der Waals surface area contributed by atoms with Gasteiger partial charge in [-0.3, -0.25) is 9.69 Å². The van der Waals surface area contributed by atoms with Crippen LogP contribution in [-0.4, -0.2) is 35.1 Å². The van der Waals surface area contributed by atoms with E-state index in [1.807, 2.05) is 7.05 Å². The first-order valence-corrected chi connectivity index (χ1v) is 7.32. The van der Waals surface area contributed by atoms with E-state index in [1.54, 1.807) is 0 Å². The second-order valence-electron chi connectivity index (χ2n) is 6.56. The average molecular weight is 255 g/mol. The van der Waals surface area contributed by atoms with Crippen LogP contribution in [0.2, 0.25) is 0 Å². The number of rotatable bonds is 6. The van der Waals surface area contributed by atoms with Crippen molar-refractivity contribution in [2.45, 2.75) is 77.8 Å². The van der Waals surface area contributed by atoms with Gasteiger partial charge in [-0.25, -0.2) is 0 Å². The summed E-state index contributed by atoms with van der Waals surface area (Å²) < 4.78 is 0. The smallest absolute Gasteiger partial charge is 0.320 e. The summed E-state index contributed by atoms with van der Waals surface area (Å²) in [5.41, 5.74) is 0.444. The van der Waals surface area contributed by atoms with Crippen molar-refractivity contribution in [1.29, 1.82) is 0 Å². The maximum Gasteiger partial charge on any atom is 0.320 e. The lowest BCUT2D eigenvalue weighted by Crippen LogP contribution is -2.46. The maximum absolute atomic E-state index is 11.4. The molecule has 1 atom stereocenters. The molecule has 0 aromatic rings. The molecule has 106 valence electrons. The van der Waals surface area contributed by atoms with Crippen molar-refractivity contribution in [3.05, 3.63) is 0 Å². The molecule has 0 amide bonds. The van der Waals surface area contributed by atoms with E-state index < -0.39 is 5.97 Å². The lowest BCUT2D eigenvalue weighted by Gasteiger charge is -2.40. The molecule has 0 bridgehead atoms. The van der Waals surface area contributed by atoms with Gasteiger partial charge in [0.25, 0.3) is 0 Å².